The topological polar surface area (TPSA) is 75.8 Å². The molecular weight excluding hydrogens is 184 g/mol. The third kappa shape index (κ3) is 2.67. The maximum absolute atomic E-state index is 10.9. The molecule has 0 amide bonds. The normalized spacial score (nSPS) is 26.0. The fourth-order valence-corrected chi connectivity index (χ4v) is 1.76. The lowest BCUT2D eigenvalue weighted by Gasteiger charge is -2.35. The Hall–Kier alpha value is -0.650. The van der Waals surface area contributed by atoms with Crippen LogP contribution in [0.1, 0.15) is 13.3 Å². The number of nitrogens with two attached hydrogens (primary N) is 1. The third-order valence-corrected chi connectivity index (χ3v) is 2.55. The molecular formula is C9H18N2O3. The van der Waals surface area contributed by atoms with E-state index in [0.717, 1.165) is 0 Å². The summed E-state index contributed by atoms with van der Waals surface area (Å²) in [4.78, 5) is 12.8. The van der Waals surface area contributed by atoms with Crippen LogP contribution in [0.25, 0.3) is 0 Å². The molecule has 1 aliphatic rings. The number of carbonyl (C=O) groups is 1. The van der Waals surface area contributed by atoms with Crippen molar-refractivity contribution in [3.05, 3.63) is 0 Å². The zero-order valence-corrected chi connectivity index (χ0v) is 8.48. The summed E-state index contributed by atoms with van der Waals surface area (Å²) in [6, 6.07) is -0.395. The van der Waals surface area contributed by atoms with Crippen molar-refractivity contribution in [1.29, 1.82) is 0 Å². The Kier molecular flexibility index (Phi) is 4.31. The summed E-state index contributed by atoms with van der Waals surface area (Å²) in [6.07, 6.45) is 0.601. The summed E-state index contributed by atoms with van der Waals surface area (Å²) in [6.45, 7) is 4.21. The van der Waals surface area contributed by atoms with Crippen LogP contribution in [0.5, 0.6) is 0 Å². The summed E-state index contributed by atoms with van der Waals surface area (Å²) < 4.78 is 5.37. The number of morpholine rings is 1. The number of ether oxygens (including phenoxy) is 1. The van der Waals surface area contributed by atoms with E-state index in [4.69, 9.17) is 15.6 Å². The van der Waals surface area contributed by atoms with Crippen molar-refractivity contribution in [3.8, 4) is 0 Å². The van der Waals surface area contributed by atoms with Crippen molar-refractivity contribution in [3.63, 3.8) is 0 Å². The average Bonchev–Trinajstić information content (AvgIpc) is 2.19. The van der Waals surface area contributed by atoms with Gasteiger partial charge in [-0.25, -0.2) is 0 Å². The third-order valence-electron chi connectivity index (χ3n) is 2.55. The first kappa shape index (κ1) is 11.4. The van der Waals surface area contributed by atoms with E-state index in [0.29, 0.717) is 32.7 Å². The monoisotopic (exact) mass is 202 g/mol. The minimum absolute atomic E-state index is 0.0165. The van der Waals surface area contributed by atoms with E-state index < -0.39 is 12.0 Å². The Morgan fingerprint density at radius 3 is 3.00 bits per heavy atom. The Morgan fingerprint density at radius 1 is 1.79 bits per heavy atom. The van der Waals surface area contributed by atoms with E-state index in [9.17, 15) is 4.79 Å². The predicted molar refractivity (Wildman–Crippen MR) is 52.1 cm³/mol. The molecule has 0 bridgehead atoms. The van der Waals surface area contributed by atoms with E-state index in [1.165, 1.54) is 0 Å². The first-order valence-electron chi connectivity index (χ1n) is 4.97. The molecule has 82 valence electrons. The highest BCUT2D eigenvalue weighted by Gasteiger charge is 2.28. The molecule has 14 heavy (non-hydrogen) atoms. The van der Waals surface area contributed by atoms with Gasteiger partial charge >= 0.3 is 5.97 Å². The summed E-state index contributed by atoms with van der Waals surface area (Å²) in [5.41, 5.74) is 5.48. The van der Waals surface area contributed by atoms with E-state index >= 15 is 0 Å². The molecule has 0 aromatic carbocycles. The Balaban J connectivity index is 2.53. The molecule has 0 aromatic heterocycles. The molecule has 1 aliphatic heterocycles. The second-order valence-electron chi connectivity index (χ2n) is 3.49. The van der Waals surface area contributed by atoms with E-state index in [2.05, 4.69) is 0 Å². The van der Waals surface area contributed by atoms with Gasteiger partial charge in [-0.15, -0.1) is 0 Å². The second-order valence-corrected chi connectivity index (χ2v) is 3.49. The highest BCUT2D eigenvalue weighted by atomic mass is 16.5. The molecule has 3 N–H and O–H groups in total. The minimum Gasteiger partial charge on any atom is -0.480 e. The zero-order valence-electron chi connectivity index (χ0n) is 8.48. The summed E-state index contributed by atoms with van der Waals surface area (Å²) >= 11 is 0. The number of rotatable bonds is 4. The fraction of sp³-hybridized carbons (Fsp3) is 0.889. The van der Waals surface area contributed by atoms with Gasteiger partial charge in [-0.1, -0.05) is 6.92 Å². The molecule has 0 aliphatic carbocycles. The molecule has 0 radical (unpaired) electrons. The van der Waals surface area contributed by atoms with Gasteiger partial charge in [0, 0.05) is 19.6 Å². The van der Waals surface area contributed by atoms with Gasteiger partial charge in [-0.3, -0.25) is 9.69 Å². The van der Waals surface area contributed by atoms with Gasteiger partial charge in [0.05, 0.1) is 12.7 Å². The lowest BCUT2D eigenvalue weighted by atomic mass is 10.1. The average molecular weight is 202 g/mol. The van der Waals surface area contributed by atoms with Crippen LogP contribution < -0.4 is 5.73 Å². The smallest absolute Gasteiger partial charge is 0.320 e. The lowest BCUT2D eigenvalue weighted by Crippen LogP contribution is -2.52. The van der Waals surface area contributed by atoms with Gasteiger partial charge in [0.15, 0.2) is 0 Å². The fourth-order valence-electron chi connectivity index (χ4n) is 1.76. The number of aliphatic carboxylic acids is 1. The van der Waals surface area contributed by atoms with Crippen molar-refractivity contribution in [1.82, 2.24) is 4.90 Å². The van der Waals surface area contributed by atoms with Gasteiger partial charge in [0.1, 0.15) is 6.04 Å². The molecule has 2 atom stereocenters. The zero-order chi connectivity index (χ0) is 10.6. The van der Waals surface area contributed by atoms with Gasteiger partial charge in [-0.2, -0.15) is 0 Å². The van der Waals surface area contributed by atoms with Gasteiger partial charge < -0.3 is 15.6 Å². The van der Waals surface area contributed by atoms with Gasteiger partial charge in [0.25, 0.3) is 0 Å². The van der Waals surface area contributed by atoms with Crippen molar-refractivity contribution >= 4 is 5.97 Å². The molecule has 2 unspecified atom stereocenters. The number of carboxylic acids is 1. The van der Waals surface area contributed by atoms with E-state index in [1.54, 1.807) is 0 Å². The van der Waals surface area contributed by atoms with Crippen molar-refractivity contribution in [2.24, 2.45) is 5.73 Å². The highest BCUT2D eigenvalue weighted by molar-refractivity contribution is 5.73. The summed E-state index contributed by atoms with van der Waals surface area (Å²) in [7, 11) is 0. The Morgan fingerprint density at radius 2 is 2.50 bits per heavy atom. The molecule has 0 saturated carbocycles. The van der Waals surface area contributed by atoms with Crippen LogP contribution >= 0.6 is 0 Å². The summed E-state index contributed by atoms with van der Waals surface area (Å²) in [5.74, 6) is -0.759. The maximum atomic E-state index is 10.9. The lowest BCUT2D eigenvalue weighted by molar-refractivity contribution is -0.146. The van der Waals surface area contributed by atoms with E-state index in [1.807, 2.05) is 11.8 Å². The van der Waals surface area contributed by atoms with Crippen LogP contribution in [0.4, 0.5) is 0 Å². The van der Waals surface area contributed by atoms with Crippen LogP contribution in [-0.4, -0.2) is 54.4 Å². The highest BCUT2D eigenvalue weighted by Crippen LogP contribution is 2.11. The first-order valence-corrected chi connectivity index (χ1v) is 4.97. The quantitative estimate of drug-likeness (QED) is 0.643. The molecule has 1 rings (SSSR count). The van der Waals surface area contributed by atoms with Crippen LogP contribution in [0.3, 0.4) is 0 Å². The molecule has 5 nitrogen and oxygen atoms in total. The number of nitrogens with zero attached hydrogens (tertiary/aromatic N) is 1. The Bertz CT molecular complexity index is 198. The number of hydrogen-bond acceptors (Lipinski definition) is 4. The Labute approximate surface area is 83.8 Å². The van der Waals surface area contributed by atoms with Crippen LogP contribution in [0, 0.1) is 0 Å². The predicted octanol–water partition coefficient (Wildman–Crippen LogP) is -0.491. The van der Waals surface area contributed by atoms with Crippen LogP contribution in [0.15, 0.2) is 0 Å². The van der Waals surface area contributed by atoms with Crippen LogP contribution in [-0.2, 0) is 9.53 Å². The van der Waals surface area contributed by atoms with Crippen molar-refractivity contribution in [2.75, 3.05) is 26.2 Å². The SMILES string of the molecule is CCC(C(=O)O)N1CCOC(CN)C1. The molecule has 1 saturated heterocycles. The van der Waals surface area contributed by atoms with Crippen molar-refractivity contribution < 1.29 is 14.6 Å². The minimum atomic E-state index is -0.759. The summed E-state index contributed by atoms with van der Waals surface area (Å²) in [5, 5.41) is 8.97. The van der Waals surface area contributed by atoms with Crippen molar-refractivity contribution in [2.45, 2.75) is 25.5 Å². The largest absolute Gasteiger partial charge is 0.480 e. The number of hydrogen-bond donors (Lipinski definition) is 2. The molecule has 1 heterocycles. The molecule has 0 spiro atoms. The maximum Gasteiger partial charge on any atom is 0.320 e. The van der Waals surface area contributed by atoms with Gasteiger partial charge in [0.2, 0.25) is 0 Å². The molecule has 0 aromatic rings. The van der Waals surface area contributed by atoms with Gasteiger partial charge in [-0.05, 0) is 6.42 Å². The molecule has 5 heteroatoms. The molecule has 1 fully saturated rings. The standard InChI is InChI=1S/C9H18N2O3/c1-2-8(9(12)13)11-3-4-14-7(5-10)6-11/h7-8H,2-6,10H2,1H3,(H,12,13). The first-order chi connectivity index (χ1) is 6.69. The second kappa shape index (κ2) is 5.29. The van der Waals surface area contributed by atoms with E-state index in [-0.39, 0.29) is 6.10 Å². The number of carboxylic acid groups (broad SMARTS) is 1. The van der Waals surface area contributed by atoms with Crippen LogP contribution in [0.2, 0.25) is 0 Å².